The van der Waals surface area contributed by atoms with Crippen LogP contribution in [0.15, 0.2) is 24.3 Å². The summed E-state index contributed by atoms with van der Waals surface area (Å²) in [6, 6.07) is 7.75. The molecule has 5 heteroatoms. The lowest BCUT2D eigenvalue weighted by molar-refractivity contribution is -0.130. The first-order valence-corrected chi connectivity index (χ1v) is 9.34. The van der Waals surface area contributed by atoms with Crippen LogP contribution in [0.4, 0.5) is 0 Å². The summed E-state index contributed by atoms with van der Waals surface area (Å²) < 4.78 is 0. The Morgan fingerprint density at radius 3 is 2.60 bits per heavy atom. The smallest absolute Gasteiger partial charge is 0.242 e. The number of carbonyl (C=O) groups is 2. The van der Waals surface area contributed by atoms with E-state index in [2.05, 4.69) is 41.6 Å². The highest BCUT2D eigenvalue weighted by molar-refractivity contribution is 5.88. The monoisotopic (exact) mass is 345 g/mol. The van der Waals surface area contributed by atoms with Gasteiger partial charge in [-0.15, -0.1) is 0 Å². The maximum atomic E-state index is 12.2. The van der Waals surface area contributed by atoms with Crippen LogP contribution in [0.25, 0.3) is 0 Å². The Morgan fingerprint density at radius 1 is 1.24 bits per heavy atom. The summed E-state index contributed by atoms with van der Waals surface area (Å²) in [5.74, 6) is -0.0327. The van der Waals surface area contributed by atoms with Gasteiger partial charge in [0.25, 0.3) is 0 Å². The molecular weight excluding hydrogens is 314 g/mol. The van der Waals surface area contributed by atoms with E-state index in [1.54, 1.807) is 6.92 Å². The van der Waals surface area contributed by atoms with E-state index in [-0.39, 0.29) is 17.7 Å². The zero-order chi connectivity index (χ0) is 18.2. The van der Waals surface area contributed by atoms with Gasteiger partial charge in [-0.05, 0) is 44.5 Å². The summed E-state index contributed by atoms with van der Waals surface area (Å²) in [5.41, 5.74) is 2.31. The molecule has 0 aliphatic heterocycles. The molecule has 1 aliphatic rings. The zero-order valence-electron chi connectivity index (χ0n) is 15.7. The minimum Gasteiger partial charge on any atom is -0.350 e. The molecule has 138 valence electrons. The van der Waals surface area contributed by atoms with Gasteiger partial charge < -0.3 is 15.5 Å². The van der Waals surface area contributed by atoms with Crippen molar-refractivity contribution in [2.45, 2.75) is 58.7 Å². The van der Waals surface area contributed by atoms with Gasteiger partial charge in [-0.25, -0.2) is 0 Å². The molecular formula is C20H31N3O2. The van der Waals surface area contributed by atoms with Crippen LogP contribution in [0.2, 0.25) is 0 Å². The molecule has 0 aromatic heterocycles. The van der Waals surface area contributed by atoms with Gasteiger partial charge >= 0.3 is 0 Å². The first-order valence-electron chi connectivity index (χ1n) is 9.34. The number of nitrogens with one attached hydrogen (secondary N) is 2. The number of benzene rings is 1. The summed E-state index contributed by atoms with van der Waals surface area (Å²) in [7, 11) is 2.09. The Kier molecular flexibility index (Phi) is 7.44. The second kappa shape index (κ2) is 9.56. The van der Waals surface area contributed by atoms with Crippen molar-refractivity contribution in [2.24, 2.45) is 5.92 Å². The van der Waals surface area contributed by atoms with Crippen molar-refractivity contribution < 1.29 is 9.59 Å². The predicted octanol–water partition coefficient (Wildman–Crippen LogP) is 2.45. The molecule has 5 nitrogen and oxygen atoms in total. The van der Waals surface area contributed by atoms with Crippen LogP contribution in [-0.4, -0.2) is 36.3 Å². The van der Waals surface area contributed by atoms with Gasteiger partial charge in [-0.3, -0.25) is 9.59 Å². The molecule has 0 spiro atoms. The van der Waals surface area contributed by atoms with E-state index in [0.29, 0.717) is 6.54 Å². The Morgan fingerprint density at radius 2 is 1.92 bits per heavy atom. The Bertz CT molecular complexity index is 582. The van der Waals surface area contributed by atoms with Gasteiger partial charge in [0, 0.05) is 19.0 Å². The molecule has 25 heavy (non-hydrogen) atoms. The van der Waals surface area contributed by atoms with Gasteiger partial charge in [0.1, 0.15) is 6.04 Å². The van der Waals surface area contributed by atoms with Crippen molar-refractivity contribution in [1.29, 1.82) is 0 Å². The van der Waals surface area contributed by atoms with Gasteiger partial charge in [0.2, 0.25) is 11.8 Å². The van der Waals surface area contributed by atoms with Gasteiger partial charge in [-0.1, -0.05) is 44.0 Å². The molecule has 2 amide bonds. The van der Waals surface area contributed by atoms with E-state index in [0.717, 1.165) is 44.3 Å². The van der Waals surface area contributed by atoms with E-state index in [1.807, 2.05) is 12.1 Å². The number of rotatable bonds is 8. The standard InChI is InChI=1S/C20H31N3O2/c1-4-23(3)14-17-9-7-8-16(12-17)13-21-19(24)15(2)22-20(25)18-10-5-6-11-18/h7-9,12,15,18H,4-6,10-11,13-14H2,1-3H3,(H,21,24)(H,22,25). The van der Waals surface area contributed by atoms with E-state index >= 15 is 0 Å². The fraction of sp³-hybridized carbons (Fsp3) is 0.600. The van der Waals surface area contributed by atoms with Crippen LogP contribution in [0.5, 0.6) is 0 Å². The normalized spacial score (nSPS) is 16.0. The van der Waals surface area contributed by atoms with E-state index in [1.165, 1.54) is 5.56 Å². The quantitative estimate of drug-likeness (QED) is 0.761. The fourth-order valence-corrected chi connectivity index (χ4v) is 3.19. The molecule has 1 saturated carbocycles. The zero-order valence-corrected chi connectivity index (χ0v) is 15.7. The van der Waals surface area contributed by atoms with Gasteiger partial charge in [0.05, 0.1) is 0 Å². The molecule has 1 aromatic rings. The number of amides is 2. The Hall–Kier alpha value is -1.88. The van der Waals surface area contributed by atoms with Crippen LogP contribution in [-0.2, 0) is 22.7 Å². The minimum absolute atomic E-state index is 0.0183. The van der Waals surface area contributed by atoms with Gasteiger partial charge in [-0.2, -0.15) is 0 Å². The highest BCUT2D eigenvalue weighted by Crippen LogP contribution is 2.24. The second-order valence-electron chi connectivity index (χ2n) is 7.08. The molecule has 1 atom stereocenters. The van der Waals surface area contributed by atoms with E-state index in [4.69, 9.17) is 0 Å². The SMILES string of the molecule is CCN(C)Cc1cccc(CNC(=O)C(C)NC(=O)C2CCCC2)c1. The second-order valence-corrected chi connectivity index (χ2v) is 7.08. The first-order chi connectivity index (χ1) is 12.0. The minimum atomic E-state index is -0.498. The number of nitrogens with zero attached hydrogens (tertiary/aromatic N) is 1. The molecule has 0 radical (unpaired) electrons. The summed E-state index contributed by atoms with van der Waals surface area (Å²) in [4.78, 5) is 26.6. The lowest BCUT2D eigenvalue weighted by Crippen LogP contribution is -2.46. The molecule has 1 aliphatic carbocycles. The number of hydrogen-bond acceptors (Lipinski definition) is 3. The summed E-state index contributed by atoms with van der Waals surface area (Å²) in [6.45, 7) is 6.25. The third kappa shape index (κ3) is 6.16. The molecule has 0 heterocycles. The van der Waals surface area contributed by atoms with Crippen LogP contribution < -0.4 is 10.6 Å². The van der Waals surface area contributed by atoms with Crippen LogP contribution >= 0.6 is 0 Å². The van der Waals surface area contributed by atoms with Crippen molar-refractivity contribution in [3.05, 3.63) is 35.4 Å². The molecule has 1 unspecified atom stereocenters. The summed E-state index contributed by atoms with van der Waals surface area (Å²) in [6.07, 6.45) is 4.11. The molecule has 2 N–H and O–H groups in total. The van der Waals surface area contributed by atoms with Crippen LogP contribution in [0.3, 0.4) is 0 Å². The molecule has 1 aromatic carbocycles. The predicted molar refractivity (Wildman–Crippen MR) is 99.9 cm³/mol. The summed E-state index contributed by atoms with van der Waals surface area (Å²) >= 11 is 0. The average molecular weight is 345 g/mol. The van der Waals surface area contributed by atoms with Crippen LogP contribution in [0.1, 0.15) is 50.7 Å². The van der Waals surface area contributed by atoms with Crippen molar-refractivity contribution in [1.82, 2.24) is 15.5 Å². The highest BCUT2D eigenvalue weighted by Gasteiger charge is 2.25. The highest BCUT2D eigenvalue weighted by atomic mass is 16.2. The summed E-state index contributed by atoms with van der Waals surface area (Å²) in [5, 5.41) is 5.77. The third-order valence-electron chi connectivity index (χ3n) is 4.93. The molecule has 1 fully saturated rings. The number of hydrogen-bond donors (Lipinski definition) is 2. The largest absolute Gasteiger partial charge is 0.350 e. The van der Waals surface area contributed by atoms with Crippen LogP contribution in [0, 0.1) is 5.92 Å². The molecule has 2 rings (SSSR count). The van der Waals surface area contributed by atoms with Crippen molar-refractivity contribution in [2.75, 3.05) is 13.6 Å². The van der Waals surface area contributed by atoms with Crippen molar-refractivity contribution >= 4 is 11.8 Å². The van der Waals surface area contributed by atoms with E-state index in [9.17, 15) is 9.59 Å². The Balaban J connectivity index is 1.80. The fourth-order valence-electron chi connectivity index (χ4n) is 3.19. The average Bonchev–Trinajstić information content (AvgIpc) is 3.14. The van der Waals surface area contributed by atoms with E-state index < -0.39 is 6.04 Å². The van der Waals surface area contributed by atoms with Crippen molar-refractivity contribution in [3.63, 3.8) is 0 Å². The lowest BCUT2D eigenvalue weighted by atomic mass is 10.1. The topological polar surface area (TPSA) is 61.4 Å². The van der Waals surface area contributed by atoms with Crippen molar-refractivity contribution in [3.8, 4) is 0 Å². The molecule has 0 saturated heterocycles. The third-order valence-corrected chi connectivity index (χ3v) is 4.93. The lowest BCUT2D eigenvalue weighted by Gasteiger charge is -2.17. The first kappa shape index (κ1) is 19.4. The maximum absolute atomic E-state index is 12.2. The van der Waals surface area contributed by atoms with Gasteiger partial charge in [0.15, 0.2) is 0 Å². The number of carbonyl (C=O) groups excluding carboxylic acids is 2. The maximum Gasteiger partial charge on any atom is 0.242 e. The Labute approximate surface area is 151 Å². The molecule has 0 bridgehead atoms.